The number of ether oxygens (including phenoxy) is 2. The second-order valence-electron chi connectivity index (χ2n) is 4.92. The smallest absolute Gasteiger partial charge is 0.251 e. The number of methoxy groups -OCH3 is 2. The molecule has 0 aliphatic carbocycles. The van der Waals surface area contributed by atoms with E-state index in [0.29, 0.717) is 30.9 Å². The van der Waals surface area contributed by atoms with Crippen molar-refractivity contribution < 1.29 is 14.3 Å². The second kappa shape index (κ2) is 7.61. The summed E-state index contributed by atoms with van der Waals surface area (Å²) in [6.45, 7) is 0.952. The maximum atomic E-state index is 12.1. The molecule has 1 heterocycles. The molecular weight excluding hydrogens is 284 g/mol. The molecule has 22 heavy (non-hydrogen) atoms. The van der Waals surface area contributed by atoms with Gasteiger partial charge in [0.25, 0.3) is 5.56 Å². The molecule has 1 aromatic carbocycles. The Kier molecular flexibility index (Phi) is 5.55. The lowest BCUT2D eigenvalue weighted by Gasteiger charge is -2.06. The van der Waals surface area contributed by atoms with Gasteiger partial charge in [-0.25, -0.2) is 0 Å². The average molecular weight is 304 g/mol. The molecule has 1 aromatic heterocycles. The monoisotopic (exact) mass is 304 g/mol. The van der Waals surface area contributed by atoms with E-state index in [1.54, 1.807) is 20.3 Å². The summed E-state index contributed by atoms with van der Waals surface area (Å²) in [5.41, 5.74) is 1.14. The molecule has 6 nitrogen and oxygen atoms in total. The van der Waals surface area contributed by atoms with Gasteiger partial charge in [0.1, 0.15) is 5.75 Å². The van der Waals surface area contributed by atoms with Crippen LogP contribution in [-0.2, 0) is 16.0 Å². The Hall–Kier alpha value is -2.34. The van der Waals surface area contributed by atoms with Gasteiger partial charge in [-0.3, -0.25) is 9.59 Å². The van der Waals surface area contributed by atoms with Crippen LogP contribution in [0.1, 0.15) is 12.0 Å². The van der Waals surface area contributed by atoms with Gasteiger partial charge < -0.3 is 19.8 Å². The summed E-state index contributed by atoms with van der Waals surface area (Å²) in [4.78, 5) is 26.5. The molecule has 2 N–H and O–H groups in total. The van der Waals surface area contributed by atoms with Crippen molar-refractivity contribution in [1.82, 2.24) is 10.3 Å². The quantitative estimate of drug-likeness (QED) is 0.754. The lowest BCUT2D eigenvalue weighted by molar-refractivity contribution is -0.121. The first-order chi connectivity index (χ1) is 10.6. The summed E-state index contributed by atoms with van der Waals surface area (Å²) >= 11 is 0. The zero-order chi connectivity index (χ0) is 15.9. The molecule has 2 rings (SSSR count). The molecule has 0 saturated carbocycles. The Morgan fingerprint density at radius 1 is 1.27 bits per heavy atom. The van der Waals surface area contributed by atoms with Crippen molar-refractivity contribution in [3.05, 3.63) is 40.2 Å². The number of pyridine rings is 1. The molecule has 1 amide bonds. The molecule has 118 valence electrons. The standard InChI is InChI=1S/C16H20N2O4/c1-21-8-7-17-15(19)6-4-12-9-11-3-5-13(22-2)10-14(11)18-16(12)20/h3,5,9-10H,4,6-8H2,1-2H3,(H,17,19)(H,18,20). The fourth-order valence-corrected chi connectivity index (χ4v) is 2.17. The fourth-order valence-electron chi connectivity index (χ4n) is 2.17. The lowest BCUT2D eigenvalue weighted by Crippen LogP contribution is -2.27. The summed E-state index contributed by atoms with van der Waals surface area (Å²) in [5, 5.41) is 3.65. The predicted octanol–water partition coefficient (Wildman–Crippen LogP) is 1.23. The Morgan fingerprint density at radius 2 is 2.09 bits per heavy atom. The number of hydrogen-bond donors (Lipinski definition) is 2. The van der Waals surface area contributed by atoms with Crippen LogP contribution in [0.25, 0.3) is 10.9 Å². The van der Waals surface area contributed by atoms with E-state index in [2.05, 4.69) is 10.3 Å². The number of amides is 1. The van der Waals surface area contributed by atoms with Gasteiger partial charge in [-0.2, -0.15) is 0 Å². The molecule has 0 atom stereocenters. The minimum atomic E-state index is -0.176. The van der Waals surface area contributed by atoms with Crippen LogP contribution in [0, 0.1) is 0 Å². The largest absolute Gasteiger partial charge is 0.497 e. The van der Waals surface area contributed by atoms with Gasteiger partial charge >= 0.3 is 0 Å². The number of aromatic amines is 1. The summed E-state index contributed by atoms with van der Waals surface area (Å²) in [6, 6.07) is 7.31. The van der Waals surface area contributed by atoms with Crippen LogP contribution in [0.4, 0.5) is 0 Å². The van der Waals surface area contributed by atoms with E-state index in [1.165, 1.54) is 0 Å². The van der Waals surface area contributed by atoms with Gasteiger partial charge in [-0.1, -0.05) is 0 Å². The van der Waals surface area contributed by atoms with Crippen LogP contribution >= 0.6 is 0 Å². The van der Waals surface area contributed by atoms with Crippen molar-refractivity contribution in [3.8, 4) is 5.75 Å². The number of aromatic nitrogens is 1. The van der Waals surface area contributed by atoms with Gasteiger partial charge in [-0.05, 0) is 30.0 Å². The number of rotatable bonds is 7. The molecule has 0 aliphatic heterocycles. The van der Waals surface area contributed by atoms with E-state index in [0.717, 1.165) is 10.9 Å². The van der Waals surface area contributed by atoms with Crippen molar-refractivity contribution in [2.24, 2.45) is 0 Å². The van der Waals surface area contributed by atoms with E-state index in [1.807, 2.05) is 18.2 Å². The number of nitrogens with one attached hydrogen (secondary N) is 2. The van der Waals surface area contributed by atoms with Gasteiger partial charge in [0.05, 0.1) is 19.2 Å². The van der Waals surface area contributed by atoms with Crippen molar-refractivity contribution in [1.29, 1.82) is 0 Å². The van der Waals surface area contributed by atoms with Gasteiger partial charge in [-0.15, -0.1) is 0 Å². The van der Waals surface area contributed by atoms with Gasteiger partial charge in [0, 0.05) is 31.7 Å². The van der Waals surface area contributed by atoms with Crippen molar-refractivity contribution in [3.63, 3.8) is 0 Å². The third kappa shape index (κ3) is 4.08. The molecule has 0 radical (unpaired) electrons. The van der Waals surface area contributed by atoms with E-state index >= 15 is 0 Å². The van der Waals surface area contributed by atoms with E-state index < -0.39 is 0 Å². The number of carbonyl (C=O) groups is 1. The Balaban J connectivity index is 2.07. The molecule has 0 aliphatic rings. The highest BCUT2D eigenvalue weighted by Crippen LogP contribution is 2.18. The molecule has 0 saturated heterocycles. The molecule has 0 bridgehead atoms. The number of aryl methyl sites for hydroxylation is 1. The molecule has 0 fully saturated rings. The first-order valence-corrected chi connectivity index (χ1v) is 7.09. The SMILES string of the molecule is COCCNC(=O)CCc1cc2ccc(OC)cc2[nH]c1=O. The van der Waals surface area contributed by atoms with E-state index in [9.17, 15) is 9.59 Å². The molecule has 0 spiro atoms. The van der Waals surface area contributed by atoms with E-state index in [4.69, 9.17) is 9.47 Å². The summed E-state index contributed by atoms with van der Waals surface area (Å²) < 4.78 is 9.99. The average Bonchev–Trinajstić information content (AvgIpc) is 2.52. The second-order valence-corrected chi connectivity index (χ2v) is 4.92. The number of fused-ring (bicyclic) bond motifs is 1. The zero-order valence-electron chi connectivity index (χ0n) is 12.8. The third-order valence-corrected chi connectivity index (χ3v) is 3.38. The first kappa shape index (κ1) is 16.0. The summed E-state index contributed by atoms with van der Waals surface area (Å²) in [6.07, 6.45) is 0.671. The Bertz CT molecular complexity index is 709. The van der Waals surface area contributed by atoms with Crippen molar-refractivity contribution in [2.75, 3.05) is 27.4 Å². The zero-order valence-corrected chi connectivity index (χ0v) is 12.8. The Labute approximate surface area is 128 Å². The minimum absolute atomic E-state index is 0.0914. The number of H-pyrrole nitrogens is 1. The van der Waals surface area contributed by atoms with Crippen molar-refractivity contribution >= 4 is 16.8 Å². The Morgan fingerprint density at radius 3 is 2.82 bits per heavy atom. The van der Waals surface area contributed by atoms with Gasteiger partial charge in [0.2, 0.25) is 5.91 Å². The fraction of sp³-hybridized carbons (Fsp3) is 0.375. The van der Waals surface area contributed by atoms with Crippen LogP contribution in [0.2, 0.25) is 0 Å². The van der Waals surface area contributed by atoms with Crippen LogP contribution in [0.5, 0.6) is 5.75 Å². The number of carbonyl (C=O) groups excluding carboxylic acids is 1. The molecular formula is C16H20N2O4. The molecule has 2 aromatic rings. The highest BCUT2D eigenvalue weighted by Gasteiger charge is 2.07. The normalized spacial score (nSPS) is 10.6. The summed E-state index contributed by atoms with van der Waals surface area (Å²) in [5.74, 6) is 0.597. The molecule has 0 unspecified atom stereocenters. The van der Waals surface area contributed by atoms with E-state index in [-0.39, 0.29) is 17.9 Å². The topological polar surface area (TPSA) is 80.4 Å². The van der Waals surface area contributed by atoms with Crippen LogP contribution in [-0.4, -0.2) is 38.3 Å². The predicted molar refractivity (Wildman–Crippen MR) is 84.3 cm³/mol. The number of hydrogen-bond acceptors (Lipinski definition) is 4. The van der Waals surface area contributed by atoms with Gasteiger partial charge in [0.15, 0.2) is 0 Å². The van der Waals surface area contributed by atoms with Crippen LogP contribution < -0.4 is 15.6 Å². The third-order valence-electron chi connectivity index (χ3n) is 3.38. The maximum absolute atomic E-state index is 12.1. The van der Waals surface area contributed by atoms with Crippen molar-refractivity contribution in [2.45, 2.75) is 12.8 Å². The minimum Gasteiger partial charge on any atom is -0.497 e. The number of benzene rings is 1. The first-order valence-electron chi connectivity index (χ1n) is 7.09. The van der Waals surface area contributed by atoms with Crippen LogP contribution in [0.3, 0.4) is 0 Å². The highest BCUT2D eigenvalue weighted by molar-refractivity contribution is 5.81. The highest BCUT2D eigenvalue weighted by atomic mass is 16.5. The summed E-state index contributed by atoms with van der Waals surface area (Å²) in [7, 11) is 3.16. The maximum Gasteiger partial charge on any atom is 0.251 e. The van der Waals surface area contributed by atoms with Crippen LogP contribution in [0.15, 0.2) is 29.1 Å². The lowest BCUT2D eigenvalue weighted by atomic mass is 10.1. The molecule has 6 heteroatoms.